The molecule has 5 heteroatoms. The first-order valence-electron chi connectivity index (χ1n) is 5.71. The quantitative estimate of drug-likeness (QED) is 0.827. The van der Waals surface area contributed by atoms with Crippen LogP contribution in [0.1, 0.15) is 18.1 Å². The van der Waals surface area contributed by atoms with Gasteiger partial charge in [0.2, 0.25) is 5.91 Å². The monoisotopic (exact) mass is 271 g/mol. The van der Waals surface area contributed by atoms with Crippen LogP contribution in [-0.4, -0.2) is 33.3 Å². The van der Waals surface area contributed by atoms with Crippen molar-refractivity contribution in [2.45, 2.75) is 12.5 Å². The SMILES string of the molecule is COCCC(=O)NC[C@H](OC)c1cccc(Cl)c1. The van der Waals surface area contributed by atoms with Gasteiger partial charge in [0.15, 0.2) is 0 Å². The van der Waals surface area contributed by atoms with Gasteiger partial charge in [-0.05, 0) is 17.7 Å². The second-order valence-electron chi connectivity index (χ2n) is 3.83. The molecule has 0 unspecified atom stereocenters. The molecule has 0 aliphatic carbocycles. The van der Waals surface area contributed by atoms with Gasteiger partial charge >= 0.3 is 0 Å². The van der Waals surface area contributed by atoms with Gasteiger partial charge in [0.05, 0.1) is 12.7 Å². The Balaban J connectivity index is 2.50. The number of benzene rings is 1. The molecule has 1 amide bonds. The van der Waals surface area contributed by atoms with Crippen molar-refractivity contribution in [2.24, 2.45) is 0 Å². The first-order valence-corrected chi connectivity index (χ1v) is 6.09. The number of hydrogen-bond donors (Lipinski definition) is 1. The van der Waals surface area contributed by atoms with Crippen molar-refractivity contribution in [3.05, 3.63) is 34.9 Å². The molecule has 0 aromatic heterocycles. The molecule has 1 aromatic carbocycles. The summed E-state index contributed by atoms with van der Waals surface area (Å²) in [4.78, 5) is 11.4. The molecule has 0 radical (unpaired) electrons. The summed E-state index contributed by atoms with van der Waals surface area (Å²) in [5, 5.41) is 3.45. The molecule has 0 fully saturated rings. The molecule has 0 heterocycles. The smallest absolute Gasteiger partial charge is 0.222 e. The van der Waals surface area contributed by atoms with Crippen molar-refractivity contribution in [3.63, 3.8) is 0 Å². The van der Waals surface area contributed by atoms with Crippen molar-refractivity contribution in [1.29, 1.82) is 0 Å². The zero-order chi connectivity index (χ0) is 13.4. The summed E-state index contributed by atoms with van der Waals surface area (Å²) in [6, 6.07) is 7.41. The Labute approximate surface area is 112 Å². The Morgan fingerprint density at radius 1 is 1.44 bits per heavy atom. The Hall–Kier alpha value is -1.10. The minimum atomic E-state index is -0.199. The average molecular weight is 272 g/mol. The van der Waals surface area contributed by atoms with E-state index in [0.29, 0.717) is 24.6 Å². The van der Waals surface area contributed by atoms with Crippen LogP contribution in [0.5, 0.6) is 0 Å². The summed E-state index contributed by atoms with van der Waals surface area (Å²) in [6.07, 6.45) is 0.151. The van der Waals surface area contributed by atoms with E-state index >= 15 is 0 Å². The van der Waals surface area contributed by atoms with E-state index in [0.717, 1.165) is 5.56 Å². The number of hydrogen-bond acceptors (Lipinski definition) is 3. The Morgan fingerprint density at radius 2 is 2.22 bits per heavy atom. The highest BCUT2D eigenvalue weighted by Gasteiger charge is 2.12. The largest absolute Gasteiger partial charge is 0.384 e. The van der Waals surface area contributed by atoms with Crippen LogP contribution in [0.3, 0.4) is 0 Å². The average Bonchev–Trinajstić information content (AvgIpc) is 2.37. The maximum absolute atomic E-state index is 11.4. The highest BCUT2D eigenvalue weighted by Crippen LogP contribution is 2.19. The number of nitrogens with one attached hydrogen (secondary N) is 1. The first-order chi connectivity index (χ1) is 8.67. The molecule has 0 saturated carbocycles. The van der Waals surface area contributed by atoms with Crippen molar-refractivity contribution < 1.29 is 14.3 Å². The van der Waals surface area contributed by atoms with E-state index in [1.165, 1.54) is 0 Å². The first kappa shape index (κ1) is 15.0. The third kappa shape index (κ3) is 5.04. The maximum atomic E-state index is 11.4. The molecule has 0 aliphatic heterocycles. The number of halogens is 1. The van der Waals surface area contributed by atoms with Gasteiger partial charge in [-0.25, -0.2) is 0 Å². The molecule has 1 rings (SSSR count). The fraction of sp³-hybridized carbons (Fsp3) is 0.462. The van der Waals surface area contributed by atoms with Crippen LogP contribution in [0.25, 0.3) is 0 Å². The van der Waals surface area contributed by atoms with Crippen molar-refractivity contribution in [2.75, 3.05) is 27.4 Å². The van der Waals surface area contributed by atoms with E-state index in [9.17, 15) is 4.79 Å². The van der Waals surface area contributed by atoms with Gasteiger partial charge in [-0.3, -0.25) is 4.79 Å². The fourth-order valence-corrected chi connectivity index (χ4v) is 1.73. The van der Waals surface area contributed by atoms with Crippen LogP contribution in [0.4, 0.5) is 0 Å². The van der Waals surface area contributed by atoms with Crippen LogP contribution in [-0.2, 0) is 14.3 Å². The van der Waals surface area contributed by atoms with Crippen LogP contribution in [0.2, 0.25) is 5.02 Å². The summed E-state index contributed by atoms with van der Waals surface area (Å²) in [6.45, 7) is 0.833. The number of methoxy groups -OCH3 is 2. The van der Waals surface area contributed by atoms with E-state index in [2.05, 4.69) is 5.32 Å². The minimum Gasteiger partial charge on any atom is -0.384 e. The number of carbonyl (C=O) groups excluding carboxylic acids is 1. The van der Waals surface area contributed by atoms with Gasteiger partial charge in [-0.2, -0.15) is 0 Å². The summed E-state index contributed by atoms with van der Waals surface area (Å²) < 4.78 is 10.2. The molecule has 0 bridgehead atoms. The summed E-state index contributed by atoms with van der Waals surface area (Å²) >= 11 is 5.92. The third-order valence-corrected chi connectivity index (χ3v) is 2.76. The number of ether oxygens (including phenoxy) is 2. The Kier molecular flexibility index (Phi) is 6.72. The molecule has 0 aliphatic rings. The normalized spacial score (nSPS) is 12.2. The van der Waals surface area contributed by atoms with Crippen LogP contribution in [0.15, 0.2) is 24.3 Å². The fourth-order valence-electron chi connectivity index (χ4n) is 1.53. The van der Waals surface area contributed by atoms with Crippen molar-refractivity contribution >= 4 is 17.5 Å². The Morgan fingerprint density at radius 3 is 2.83 bits per heavy atom. The third-order valence-electron chi connectivity index (χ3n) is 2.52. The minimum absolute atomic E-state index is 0.0547. The zero-order valence-electron chi connectivity index (χ0n) is 10.6. The Bertz CT molecular complexity index is 384. The molecular weight excluding hydrogens is 254 g/mol. The standard InChI is InChI=1S/C13H18ClNO3/c1-17-7-6-13(16)15-9-12(18-2)10-4-3-5-11(14)8-10/h3-5,8,12H,6-7,9H2,1-2H3,(H,15,16)/t12-/m0/s1. The predicted molar refractivity (Wildman–Crippen MR) is 70.7 cm³/mol. The van der Waals surface area contributed by atoms with E-state index in [-0.39, 0.29) is 12.0 Å². The molecular formula is C13H18ClNO3. The molecule has 0 spiro atoms. The zero-order valence-corrected chi connectivity index (χ0v) is 11.4. The lowest BCUT2D eigenvalue weighted by Gasteiger charge is -2.16. The second-order valence-corrected chi connectivity index (χ2v) is 4.26. The number of amides is 1. The maximum Gasteiger partial charge on any atom is 0.222 e. The van der Waals surface area contributed by atoms with Crippen LogP contribution in [0, 0.1) is 0 Å². The van der Waals surface area contributed by atoms with Crippen LogP contribution >= 0.6 is 11.6 Å². The van der Waals surface area contributed by atoms with Gasteiger partial charge in [-0.15, -0.1) is 0 Å². The van der Waals surface area contributed by atoms with Gasteiger partial charge < -0.3 is 14.8 Å². The lowest BCUT2D eigenvalue weighted by Crippen LogP contribution is -2.29. The van der Waals surface area contributed by atoms with Gasteiger partial charge in [-0.1, -0.05) is 23.7 Å². The topological polar surface area (TPSA) is 47.6 Å². The number of carbonyl (C=O) groups is 1. The number of rotatable bonds is 7. The molecule has 4 nitrogen and oxygen atoms in total. The van der Waals surface area contributed by atoms with E-state index in [1.54, 1.807) is 20.3 Å². The summed E-state index contributed by atoms with van der Waals surface area (Å²) in [5.74, 6) is -0.0547. The summed E-state index contributed by atoms with van der Waals surface area (Å²) in [5.41, 5.74) is 0.942. The highest BCUT2D eigenvalue weighted by molar-refractivity contribution is 6.30. The van der Waals surface area contributed by atoms with Crippen molar-refractivity contribution in [3.8, 4) is 0 Å². The lowest BCUT2D eigenvalue weighted by molar-refractivity contribution is -0.122. The summed E-state index contributed by atoms with van der Waals surface area (Å²) in [7, 11) is 3.17. The van der Waals surface area contributed by atoms with Crippen LogP contribution < -0.4 is 5.32 Å². The molecule has 100 valence electrons. The molecule has 1 atom stereocenters. The van der Waals surface area contributed by atoms with E-state index in [4.69, 9.17) is 21.1 Å². The van der Waals surface area contributed by atoms with E-state index < -0.39 is 0 Å². The molecule has 1 N–H and O–H groups in total. The van der Waals surface area contributed by atoms with Gasteiger partial charge in [0.1, 0.15) is 0 Å². The van der Waals surface area contributed by atoms with Crippen molar-refractivity contribution in [1.82, 2.24) is 5.32 Å². The predicted octanol–water partition coefficient (Wildman–Crippen LogP) is 2.18. The second kappa shape index (κ2) is 8.08. The van der Waals surface area contributed by atoms with Gasteiger partial charge in [0.25, 0.3) is 0 Å². The van der Waals surface area contributed by atoms with E-state index in [1.807, 2.05) is 18.2 Å². The molecule has 1 aromatic rings. The highest BCUT2D eigenvalue weighted by atomic mass is 35.5. The molecule has 0 saturated heterocycles. The lowest BCUT2D eigenvalue weighted by atomic mass is 10.1. The van der Waals surface area contributed by atoms with Gasteiger partial charge in [0, 0.05) is 32.2 Å². The molecule has 18 heavy (non-hydrogen) atoms.